The van der Waals surface area contributed by atoms with E-state index in [1.807, 2.05) is 30.3 Å². The predicted octanol–water partition coefficient (Wildman–Crippen LogP) is 2.28. The number of nitrogens with one attached hydrogen (secondary N) is 2. The number of esters is 1. The molecule has 7 nitrogen and oxygen atoms in total. The first-order chi connectivity index (χ1) is 16.6. The van der Waals surface area contributed by atoms with Crippen LogP contribution in [0.5, 0.6) is 5.75 Å². The maximum Gasteiger partial charge on any atom is 0.308 e. The van der Waals surface area contributed by atoms with E-state index in [1.165, 1.54) is 18.2 Å². The topological polar surface area (TPSA) is 75.4 Å². The van der Waals surface area contributed by atoms with Crippen LogP contribution < -0.4 is 20.0 Å². The van der Waals surface area contributed by atoms with E-state index in [9.17, 15) is 9.59 Å². The minimum Gasteiger partial charge on any atom is -0.427 e. The molecule has 0 saturated carbocycles. The lowest BCUT2D eigenvalue weighted by Crippen LogP contribution is -3.13. The highest BCUT2D eigenvalue weighted by Crippen LogP contribution is 2.13. The molecule has 7 heteroatoms. The van der Waals surface area contributed by atoms with Crippen LogP contribution in [0.3, 0.4) is 0 Å². The molecule has 1 aliphatic heterocycles. The number of hydrazone groups is 1. The van der Waals surface area contributed by atoms with E-state index < -0.39 is 0 Å². The van der Waals surface area contributed by atoms with Crippen molar-refractivity contribution in [2.45, 2.75) is 13.5 Å². The van der Waals surface area contributed by atoms with Crippen molar-refractivity contribution in [3.05, 3.63) is 95.6 Å². The summed E-state index contributed by atoms with van der Waals surface area (Å²) in [5, 5.41) is 4.02. The zero-order valence-electron chi connectivity index (χ0n) is 19.2. The SMILES string of the molecule is CC(=O)Oc1ccc(/C=N\NC(=O)c2ccc(C[NH+]3CCN(c4ccccc4)CC3)cc2)cc1. The molecule has 1 heterocycles. The summed E-state index contributed by atoms with van der Waals surface area (Å²) in [6.45, 7) is 6.58. The Balaban J connectivity index is 1.23. The first-order valence-electron chi connectivity index (χ1n) is 11.4. The molecule has 1 amide bonds. The van der Waals surface area contributed by atoms with Gasteiger partial charge in [-0.05, 0) is 54.1 Å². The third-order valence-electron chi connectivity index (χ3n) is 5.78. The Morgan fingerprint density at radius 2 is 1.65 bits per heavy atom. The van der Waals surface area contributed by atoms with Gasteiger partial charge >= 0.3 is 5.97 Å². The molecule has 0 aromatic heterocycles. The van der Waals surface area contributed by atoms with E-state index in [-0.39, 0.29) is 11.9 Å². The smallest absolute Gasteiger partial charge is 0.308 e. The lowest BCUT2D eigenvalue weighted by molar-refractivity contribution is -0.914. The highest BCUT2D eigenvalue weighted by atomic mass is 16.5. The summed E-state index contributed by atoms with van der Waals surface area (Å²) in [6.07, 6.45) is 1.54. The van der Waals surface area contributed by atoms with Crippen LogP contribution in [0.4, 0.5) is 5.69 Å². The number of carbonyl (C=O) groups excluding carboxylic acids is 2. The number of anilines is 1. The van der Waals surface area contributed by atoms with Crippen molar-refractivity contribution >= 4 is 23.8 Å². The van der Waals surface area contributed by atoms with E-state index in [2.05, 4.69) is 39.7 Å². The quantitative estimate of drug-likeness (QED) is 0.247. The van der Waals surface area contributed by atoms with Crippen molar-refractivity contribution in [2.75, 3.05) is 31.1 Å². The largest absolute Gasteiger partial charge is 0.427 e. The first-order valence-corrected chi connectivity index (χ1v) is 11.4. The molecular formula is C27H29N4O3+. The summed E-state index contributed by atoms with van der Waals surface area (Å²) < 4.78 is 4.99. The summed E-state index contributed by atoms with van der Waals surface area (Å²) >= 11 is 0. The summed E-state index contributed by atoms with van der Waals surface area (Å²) in [5.41, 5.74) is 6.40. The molecule has 34 heavy (non-hydrogen) atoms. The fourth-order valence-corrected chi connectivity index (χ4v) is 3.98. The Kier molecular flexibility index (Phi) is 7.67. The third kappa shape index (κ3) is 6.52. The maximum atomic E-state index is 12.4. The predicted molar refractivity (Wildman–Crippen MR) is 132 cm³/mol. The lowest BCUT2D eigenvalue weighted by Gasteiger charge is -2.33. The van der Waals surface area contributed by atoms with Crippen LogP contribution in [0.2, 0.25) is 0 Å². The molecule has 3 aromatic carbocycles. The van der Waals surface area contributed by atoms with Gasteiger partial charge in [-0.15, -0.1) is 0 Å². The number of rotatable bonds is 7. The standard InChI is InChI=1S/C27H28N4O3/c1-21(32)34-26-13-9-22(10-14-26)19-28-29-27(33)24-11-7-23(8-12-24)20-30-15-17-31(18-16-30)25-5-3-2-4-6-25/h2-14,19H,15-18,20H2,1H3,(H,29,33)/p+1/b28-19-. The number of para-hydroxylation sites is 1. The molecule has 0 bridgehead atoms. The minimum absolute atomic E-state index is 0.261. The van der Waals surface area contributed by atoms with Crippen molar-refractivity contribution in [3.63, 3.8) is 0 Å². The Bertz CT molecular complexity index is 1120. The zero-order chi connectivity index (χ0) is 23.8. The minimum atomic E-state index is -0.369. The molecule has 0 radical (unpaired) electrons. The molecule has 174 valence electrons. The van der Waals surface area contributed by atoms with Gasteiger partial charge in [0, 0.05) is 23.7 Å². The van der Waals surface area contributed by atoms with Gasteiger partial charge in [0.25, 0.3) is 5.91 Å². The number of benzene rings is 3. The highest BCUT2D eigenvalue weighted by molar-refractivity contribution is 5.94. The van der Waals surface area contributed by atoms with Gasteiger partial charge in [0.15, 0.2) is 0 Å². The second-order valence-electron chi connectivity index (χ2n) is 8.31. The van der Waals surface area contributed by atoms with E-state index in [1.54, 1.807) is 35.4 Å². The fourth-order valence-electron chi connectivity index (χ4n) is 3.98. The number of piperazine rings is 1. The van der Waals surface area contributed by atoms with Crippen LogP contribution in [-0.4, -0.2) is 44.3 Å². The van der Waals surface area contributed by atoms with Crippen LogP contribution in [0, 0.1) is 0 Å². The number of quaternary nitrogens is 1. The average Bonchev–Trinajstić information content (AvgIpc) is 2.86. The molecule has 0 aliphatic carbocycles. The van der Waals surface area contributed by atoms with E-state index in [4.69, 9.17) is 4.74 Å². The monoisotopic (exact) mass is 457 g/mol. The van der Waals surface area contributed by atoms with Crippen LogP contribution in [0.15, 0.2) is 84.0 Å². The normalized spacial score (nSPS) is 14.2. The number of hydrogen-bond acceptors (Lipinski definition) is 5. The molecular weight excluding hydrogens is 428 g/mol. The van der Waals surface area contributed by atoms with Gasteiger partial charge in [-0.2, -0.15) is 5.10 Å². The fraction of sp³-hybridized carbons (Fsp3) is 0.222. The molecule has 1 fully saturated rings. The maximum absolute atomic E-state index is 12.4. The molecule has 3 aromatic rings. The molecule has 0 spiro atoms. The molecule has 0 unspecified atom stereocenters. The molecule has 0 atom stereocenters. The van der Waals surface area contributed by atoms with Gasteiger partial charge in [-0.1, -0.05) is 30.3 Å². The number of hydrogen-bond donors (Lipinski definition) is 2. The van der Waals surface area contributed by atoms with Crippen LogP contribution in [-0.2, 0) is 11.3 Å². The van der Waals surface area contributed by atoms with Gasteiger partial charge < -0.3 is 14.5 Å². The van der Waals surface area contributed by atoms with Crippen molar-refractivity contribution < 1.29 is 19.2 Å². The summed E-state index contributed by atoms with van der Waals surface area (Å²) in [4.78, 5) is 27.3. The molecule has 4 rings (SSSR count). The van der Waals surface area contributed by atoms with Crippen LogP contribution >= 0.6 is 0 Å². The number of amides is 1. The number of nitrogens with zero attached hydrogens (tertiary/aromatic N) is 2. The van der Waals surface area contributed by atoms with Crippen molar-refractivity contribution in [1.82, 2.24) is 5.43 Å². The van der Waals surface area contributed by atoms with Crippen molar-refractivity contribution in [1.29, 1.82) is 0 Å². The Labute approximate surface area is 199 Å². The van der Waals surface area contributed by atoms with Gasteiger partial charge in [0.1, 0.15) is 12.3 Å². The Morgan fingerprint density at radius 3 is 2.29 bits per heavy atom. The van der Waals surface area contributed by atoms with Gasteiger partial charge in [0.05, 0.1) is 32.4 Å². The third-order valence-corrected chi connectivity index (χ3v) is 5.78. The average molecular weight is 458 g/mol. The van der Waals surface area contributed by atoms with E-state index >= 15 is 0 Å². The van der Waals surface area contributed by atoms with E-state index in [0.29, 0.717) is 11.3 Å². The second kappa shape index (κ2) is 11.2. The van der Waals surface area contributed by atoms with E-state index in [0.717, 1.165) is 38.3 Å². The van der Waals surface area contributed by atoms with Gasteiger partial charge in [-0.25, -0.2) is 5.43 Å². The second-order valence-corrected chi connectivity index (χ2v) is 8.31. The number of ether oxygens (including phenoxy) is 1. The first kappa shape index (κ1) is 23.2. The lowest BCUT2D eigenvalue weighted by atomic mass is 10.1. The number of carbonyl (C=O) groups is 2. The van der Waals surface area contributed by atoms with Crippen LogP contribution in [0.1, 0.15) is 28.4 Å². The highest BCUT2D eigenvalue weighted by Gasteiger charge is 2.20. The zero-order valence-corrected chi connectivity index (χ0v) is 19.2. The summed E-state index contributed by atoms with van der Waals surface area (Å²) in [5.74, 6) is -0.163. The Hall–Kier alpha value is -3.97. The van der Waals surface area contributed by atoms with Gasteiger partial charge in [0.2, 0.25) is 0 Å². The molecule has 1 saturated heterocycles. The van der Waals surface area contributed by atoms with Crippen LogP contribution in [0.25, 0.3) is 0 Å². The molecule has 2 N–H and O–H groups in total. The van der Waals surface area contributed by atoms with Crippen molar-refractivity contribution in [2.24, 2.45) is 5.10 Å². The molecule has 1 aliphatic rings. The summed E-state index contributed by atoms with van der Waals surface area (Å²) in [7, 11) is 0. The van der Waals surface area contributed by atoms with Gasteiger partial charge in [-0.3, -0.25) is 9.59 Å². The summed E-state index contributed by atoms with van der Waals surface area (Å²) in [6, 6.07) is 25.1. The Morgan fingerprint density at radius 1 is 0.971 bits per heavy atom. The van der Waals surface area contributed by atoms with Crippen molar-refractivity contribution in [3.8, 4) is 5.75 Å².